The van der Waals surface area contributed by atoms with Gasteiger partial charge in [-0.15, -0.1) is 0 Å². The third-order valence-corrected chi connectivity index (χ3v) is 2.57. The van der Waals surface area contributed by atoms with Gasteiger partial charge in [0.2, 0.25) is 0 Å². The van der Waals surface area contributed by atoms with Crippen molar-refractivity contribution in [3.05, 3.63) is 35.3 Å². The molecule has 0 saturated heterocycles. The van der Waals surface area contributed by atoms with E-state index < -0.39 is 0 Å². The molecule has 0 saturated carbocycles. The summed E-state index contributed by atoms with van der Waals surface area (Å²) in [6, 6.07) is 5.64. The zero-order valence-electron chi connectivity index (χ0n) is 8.01. The highest BCUT2D eigenvalue weighted by molar-refractivity contribution is 9.10. The quantitative estimate of drug-likeness (QED) is 0.836. The molecular formula is C10H8BrN3O. The number of aromatic nitrogens is 3. The number of nitrogens with zero attached hydrogens (tertiary/aromatic N) is 3. The van der Waals surface area contributed by atoms with E-state index in [0.717, 1.165) is 15.8 Å². The lowest BCUT2D eigenvalue weighted by molar-refractivity contribution is 0.414. The van der Waals surface area contributed by atoms with Crippen molar-refractivity contribution in [3.8, 4) is 17.1 Å². The molecule has 0 aliphatic heterocycles. The molecule has 0 spiro atoms. The smallest absolute Gasteiger partial charge is 0.163 e. The first-order valence-electron chi connectivity index (χ1n) is 4.27. The Labute approximate surface area is 95.5 Å². The highest BCUT2D eigenvalue weighted by atomic mass is 79.9. The monoisotopic (exact) mass is 265 g/mol. The van der Waals surface area contributed by atoms with Crippen molar-refractivity contribution in [2.45, 2.75) is 0 Å². The van der Waals surface area contributed by atoms with Gasteiger partial charge in [-0.1, -0.05) is 0 Å². The Morgan fingerprint density at radius 1 is 1.20 bits per heavy atom. The van der Waals surface area contributed by atoms with E-state index in [9.17, 15) is 0 Å². The molecule has 15 heavy (non-hydrogen) atoms. The molecule has 5 heteroatoms. The first-order valence-corrected chi connectivity index (χ1v) is 5.06. The van der Waals surface area contributed by atoms with Crippen LogP contribution >= 0.6 is 15.9 Å². The molecule has 1 aromatic carbocycles. The minimum Gasteiger partial charge on any atom is -0.497 e. The average molecular weight is 266 g/mol. The van der Waals surface area contributed by atoms with Crippen LogP contribution in [-0.2, 0) is 0 Å². The third-order valence-electron chi connectivity index (χ3n) is 1.91. The number of hydrogen-bond donors (Lipinski definition) is 0. The lowest BCUT2D eigenvalue weighted by Gasteiger charge is -2.04. The Morgan fingerprint density at radius 3 is 2.53 bits per heavy atom. The third kappa shape index (κ3) is 2.12. The van der Waals surface area contributed by atoms with Crippen molar-refractivity contribution in [1.82, 2.24) is 15.0 Å². The lowest BCUT2D eigenvalue weighted by Crippen LogP contribution is -1.91. The van der Waals surface area contributed by atoms with Crippen molar-refractivity contribution in [3.63, 3.8) is 0 Å². The van der Waals surface area contributed by atoms with Gasteiger partial charge in [-0.25, -0.2) is 15.0 Å². The molecule has 0 amide bonds. The molecule has 1 heterocycles. The van der Waals surface area contributed by atoms with Crippen LogP contribution in [0.4, 0.5) is 0 Å². The van der Waals surface area contributed by atoms with Gasteiger partial charge in [0.15, 0.2) is 5.82 Å². The van der Waals surface area contributed by atoms with E-state index in [1.54, 1.807) is 7.11 Å². The summed E-state index contributed by atoms with van der Waals surface area (Å²) >= 11 is 3.44. The molecular weight excluding hydrogens is 258 g/mol. The minimum absolute atomic E-state index is 0.638. The fourth-order valence-electron chi connectivity index (χ4n) is 1.18. The van der Waals surface area contributed by atoms with Crippen LogP contribution in [0.15, 0.2) is 35.3 Å². The van der Waals surface area contributed by atoms with Crippen LogP contribution in [0, 0.1) is 0 Å². The molecule has 76 valence electrons. The number of ether oxygens (including phenoxy) is 1. The van der Waals surface area contributed by atoms with Gasteiger partial charge in [0.1, 0.15) is 18.4 Å². The number of benzene rings is 1. The summed E-state index contributed by atoms with van der Waals surface area (Å²) in [4.78, 5) is 11.9. The Kier molecular flexibility index (Phi) is 2.91. The van der Waals surface area contributed by atoms with Gasteiger partial charge in [0.25, 0.3) is 0 Å². The highest BCUT2D eigenvalue weighted by Gasteiger charge is 2.06. The molecule has 0 radical (unpaired) electrons. The topological polar surface area (TPSA) is 47.9 Å². The van der Waals surface area contributed by atoms with Crippen LogP contribution in [-0.4, -0.2) is 22.1 Å². The number of rotatable bonds is 2. The fraction of sp³-hybridized carbons (Fsp3) is 0.100. The van der Waals surface area contributed by atoms with Gasteiger partial charge in [-0.05, 0) is 34.1 Å². The van der Waals surface area contributed by atoms with E-state index >= 15 is 0 Å². The van der Waals surface area contributed by atoms with Gasteiger partial charge < -0.3 is 4.74 Å². The summed E-state index contributed by atoms with van der Waals surface area (Å²) < 4.78 is 6.00. The first-order chi connectivity index (χ1) is 7.31. The molecule has 0 atom stereocenters. The molecule has 0 bridgehead atoms. The van der Waals surface area contributed by atoms with Crippen LogP contribution in [0.25, 0.3) is 11.4 Å². The van der Waals surface area contributed by atoms with Crippen LogP contribution in [0.3, 0.4) is 0 Å². The number of halogens is 1. The molecule has 2 rings (SSSR count). The van der Waals surface area contributed by atoms with Crippen molar-refractivity contribution in [1.29, 1.82) is 0 Å². The molecule has 1 aromatic heterocycles. The van der Waals surface area contributed by atoms with E-state index in [-0.39, 0.29) is 0 Å². The highest BCUT2D eigenvalue weighted by Crippen LogP contribution is 2.28. The standard InChI is InChI=1S/C10H8BrN3O/c1-15-7-2-3-8(9(11)4-7)10-13-5-12-6-14-10/h2-6H,1H3. The van der Waals surface area contributed by atoms with E-state index in [4.69, 9.17) is 4.74 Å². The lowest BCUT2D eigenvalue weighted by atomic mass is 10.2. The second kappa shape index (κ2) is 4.35. The summed E-state index contributed by atoms with van der Waals surface area (Å²) in [6.45, 7) is 0. The van der Waals surface area contributed by atoms with Crippen molar-refractivity contribution < 1.29 is 4.74 Å². The largest absolute Gasteiger partial charge is 0.497 e. The average Bonchev–Trinajstić information content (AvgIpc) is 2.30. The Morgan fingerprint density at radius 2 is 1.93 bits per heavy atom. The zero-order valence-corrected chi connectivity index (χ0v) is 9.60. The number of methoxy groups -OCH3 is 1. The maximum atomic E-state index is 5.10. The summed E-state index contributed by atoms with van der Waals surface area (Å²) in [5, 5.41) is 0. The van der Waals surface area contributed by atoms with Crippen LogP contribution in [0.1, 0.15) is 0 Å². The molecule has 0 unspecified atom stereocenters. The summed E-state index contributed by atoms with van der Waals surface area (Å²) in [5.74, 6) is 1.43. The molecule has 0 fully saturated rings. The summed E-state index contributed by atoms with van der Waals surface area (Å²) in [5.41, 5.74) is 0.915. The molecule has 0 N–H and O–H groups in total. The van der Waals surface area contributed by atoms with Crippen molar-refractivity contribution >= 4 is 15.9 Å². The van der Waals surface area contributed by atoms with Gasteiger partial charge >= 0.3 is 0 Å². The second-order valence-corrected chi connectivity index (χ2v) is 3.66. The Balaban J connectivity index is 2.46. The number of hydrogen-bond acceptors (Lipinski definition) is 4. The molecule has 0 aliphatic carbocycles. The van der Waals surface area contributed by atoms with Gasteiger partial charge in [0, 0.05) is 10.0 Å². The molecule has 4 nitrogen and oxygen atoms in total. The van der Waals surface area contributed by atoms with Gasteiger partial charge in [0.05, 0.1) is 7.11 Å². The summed E-state index contributed by atoms with van der Waals surface area (Å²) in [6.07, 6.45) is 2.94. The van der Waals surface area contributed by atoms with E-state index in [1.165, 1.54) is 12.7 Å². The predicted molar refractivity (Wildman–Crippen MR) is 59.5 cm³/mol. The van der Waals surface area contributed by atoms with Crippen molar-refractivity contribution in [2.75, 3.05) is 7.11 Å². The van der Waals surface area contributed by atoms with Crippen LogP contribution in [0.2, 0.25) is 0 Å². The summed E-state index contributed by atoms with van der Waals surface area (Å²) in [7, 11) is 1.63. The Hall–Kier alpha value is -1.49. The van der Waals surface area contributed by atoms with E-state index in [2.05, 4.69) is 30.9 Å². The van der Waals surface area contributed by atoms with Crippen LogP contribution in [0.5, 0.6) is 5.75 Å². The zero-order chi connectivity index (χ0) is 10.7. The van der Waals surface area contributed by atoms with Gasteiger partial charge in [-0.3, -0.25) is 0 Å². The molecule has 0 aliphatic rings. The molecule has 2 aromatic rings. The fourth-order valence-corrected chi connectivity index (χ4v) is 1.72. The first kappa shape index (κ1) is 10.0. The van der Waals surface area contributed by atoms with Crippen molar-refractivity contribution in [2.24, 2.45) is 0 Å². The Bertz CT molecular complexity index is 461. The maximum absolute atomic E-state index is 5.10. The maximum Gasteiger partial charge on any atom is 0.163 e. The SMILES string of the molecule is COc1ccc(-c2ncncn2)c(Br)c1. The normalized spacial score (nSPS) is 10.0. The predicted octanol–water partition coefficient (Wildman–Crippen LogP) is 2.31. The van der Waals surface area contributed by atoms with E-state index in [1.807, 2.05) is 18.2 Å². The van der Waals surface area contributed by atoms with E-state index in [0.29, 0.717) is 5.82 Å². The van der Waals surface area contributed by atoms with Crippen LogP contribution < -0.4 is 4.74 Å². The minimum atomic E-state index is 0.638. The van der Waals surface area contributed by atoms with Gasteiger partial charge in [-0.2, -0.15) is 0 Å². The second-order valence-electron chi connectivity index (χ2n) is 2.81.